The average molecular weight is 256 g/mol. The summed E-state index contributed by atoms with van der Waals surface area (Å²) in [6.07, 6.45) is -1.13. The second-order valence-electron chi connectivity index (χ2n) is 3.66. The topological polar surface area (TPSA) is 27.1 Å². The van der Waals surface area contributed by atoms with Crippen LogP contribution in [0.15, 0.2) is 36.7 Å². The van der Waals surface area contributed by atoms with E-state index in [0.29, 0.717) is 18.0 Å². The van der Waals surface area contributed by atoms with Crippen molar-refractivity contribution in [1.29, 1.82) is 0 Å². The standard InChI is InChI=1S/C12H11F3N2O/c1-2-17-8-11(7-16-17)18-10-5-3-9(4-6-10)12(13,14)15/h3-8H,2H2,1H3. The van der Waals surface area contributed by atoms with Crippen molar-refractivity contribution in [2.45, 2.75) is 19.6 Å². The Bertz CT molecular complexity index is 517. The maximum Gasteiger partial charge on any atom is 0.416 e. The number of benzene rings is 1. The van der Waals surface area contributed by atoms with Crippen molar-refractivity contribution in [2.24, 2.45) is 0 Å². The molecule has 96 valence electrons. The Hall–Kier alpha value is -1.98. The third-order valence-corrected chi connectivity index (χ3v) is 2.35. The first kappa shape index (κ1) is 12.5. The number of rotatable bonds is 3. The Morgan fingerprint density at radius 1 is 1.17 bits per heavy atom. The lowest BCUT2D eigenvalue weighted by atomic mass is 10.2. The van der Waals surface area contributed by atoms with Crippen molar-refractivity contribution in [3.8, 4) is 11.5 Å². The van der Waals surface area contributed by atoms with Crippen LogP contribution >= 0.6 is 0 Å². The molecule has 2 rings (SSSR count). The highest BCUT2D eigenvalue weighted by Gasteiger charge is 2.30. The van der Waals surface area contributed by atoms with Gasteiger partial charge in [-0.2, -0.15) is 18.3 Å². The van der Waals surface area contributed by atoms with Crippen molar-refractivity contribution in [3.05, 3.63) is 42.2 Å². The summed E-state index contributed by atoms with van der Waals surface area (Å²) in [5, 5.41) is 4.00. The van der Waals surface area contributed by atoms with Gasteiger partial charge in [0, 0.05) is 6.54 Å². The molecule has 0 aliphatic rings. The summed E-state index contributed by atoms with van der Waals surface area (Å²) >= 11 is 0. The Kier molecular flexibility index (Phi) is 3.27. The Morgan fingerprint density at radius 2 is 1.83 bits per heavy atom. The highest BCUT2D eigenvalue weighted by atomic mass is 19.4. The molecule has 0 radical (unpaired) electrons. The predicted octanol–water partition coefficient (Wildman–Crippen LogP) is 3.71. The summed E-state index contributed by atoms with van der Waals surface area (Å²) in [4.78, 5) is 0. The van der Waals surface area contributed by atoms with Gasteiger partial charge in [0.1, 0.15) is 5.75 Å². The average Bonchev–Trinajstić information content (AvgIpc) is 2.76. The summed E-state index contributed by atoms with van der Waals surface area (Å²) in [5.74, 6) is 0.843. The minimum absolute atomic E-state index is 0.346. The first-order chi connectivity index (χ1) is 8.49. The Balaban J connectivity index is 2.11. The molecule has 0 fully saturated rings. The zero-order chi connectivity index (χ0) is 13.2. The molecule has 1 aromatic carbocycles. The highest BCUT2D eigenvalue weighted by Crippen LogP contribution is 2.31. The zero-order valence-electron chi connectivity index (χ0n) is 9.61. The zero-order valence-corrected chi connectivity index (χ0v) is 9.61. The molecule has 0 amide bonds. The molecule has 18 heavy (non-hydrogen) atoms. The van der Waals surface area contributed by atoms with E-state index in [4.69, 9.17) is 4.74 Å². The van der Waals surface area contributed by atoms with Crippen molar-refractivity contribution in [3.63, 3.8) is 0 Å². The lowest BCUT2D eigenvalue weighted by Crippen LogP contribution is -2.03. The molecule has 1 aromatic heterocycles. The van der Waals surface area contributed by atoms with Gasteiger partial charge in [0.15, 0.2) is 5.75 Å². The number of aromatic nitrogens is 2. The van der Waals surface area contributed by atoms with Crippen LogP contribution in [0.1, 0.15) is 12.5 Å². The van der Waals surface area contributed by atoms with Gasteiger partial charge in [0.2, 0.25) is 0 Å². The molecule has 1 heterocycles. The van der Waals surface area contributed by atoms with Crippen LogP contribution in [0.25, 0.3) is 0 Å². The quantitative estimate of drug-likeness (QED) is 0.837. The third kappa shape index (κ3) is 2.82. The summed E-state index contributed by atoms with van der Waals surface area (Å²) in [6, 6.07) is 4.54. The fourth-order valence-corrected chi connectivity index (χ4v) is 1.42. The van der Waals surface area contributed by atoms with E-state index in [-0.39, 0.29) is 0 Å². The van der Waals surface area contributed by atoms with E-state index in [0.717, 1.165) is 12.1 Å². The van der Waals surface area contributed by atoms with Gasteiger partial charge in [0.25, 0.3) is 0 Å². The van der Waals surface area contributed by atoms with Crippen LogP contribution in [-0.2, 0) is 12.7 Å². The lowest BCUT2D eigenvalue weighted by Gasteiger charge is -2.07. The van der Waals surface area contributed by atoms with Gasteiger partial charge in [-0.05, 0) is 31.2 Å². The molecule has 0 N–H and O–H groups in total. The maximum atomic E-state index is 12.3. The van der Waals surface area contributed by atoms with Crippen LogP contribution in [0.5, 0.6) is 11.5 Å². The predicted molar refractivity (Wildman–Crippen MR) is 59.4 cm³/mol. The number of hydrogen-bond acceptors (Lipinski definition) is 2. The minimum Gasteiger partial charge on any atom is -0.454 e. The molecule has 0 unspecified atom stereocenters. The first-order valence-electron chi connectivity index (χ1n) is 5.36. The number of alkyl halides is 3. The van der Waals surface area contributed by atoms with Gasteiger partial charge in [0.05, 0.1) is 18.0 Å². The molecule has 0 aliphatic heterocycles. The van der Waals surface area contributed by atoms with Gasteiger partial charge in [-0.1, -0.05) is 0 Å². The molecule has 0 aliphatic carbocycles. The summed E-state index contributed by atoms with van der Waals surface area (Å²) in [6.45, 7) is 2.63. The Labute approximate surface area is 102 Å². The van der Waals surface area contributed by atoms with Crippen LogP contribution in [0.4, 0.5) is 13.2 Å². The molecular weight excluding hydrogens is 245 g/mol. The molecular formula is C12H11F3N2O. The van der Waals surface area contributed by atoms with E-state index in [2.05, 4.69) is 5.10 Å². The van der Waals surface area contributed by atoms with Crippen molar-refractivity contribution in [1.82, 2.24) is 9.78 Å². The maximum absolute atomic E-state index is 12.3. The smallest absolute Gasteiger partial charge is 0.416 e. The van der Waals surface area contributed by atoms with Crippen LogP contribution < -0.4 is 4.74 Å². The second kappa shape index (κ2) is 4.72. The first-order valence-corrected chi connectivity index (χ1v) is 5.36. The normalized spacial score (nSPS) is 11.6. The van der Waals surface area contributed by atoms with E-state index < -0.39 is 11.7 Å². The van der Waals surface area contributed by atoms with Crippen molar-refractivity contribution in [2.75, 3.05) is 0 Å². The van der Waals surface area contributed by atoms with Gasteiger partial charge >= 0.3 is 6.18 Å². The van der Waals surface area contributed by atoms with Gasteiger partial charge in [-0.15, -0.1) is 0 Å². The molecule has 3 nitrogen and oxygen atoms in total. The summed E-state index contributed by atoms with van der Waals surface area (Å²) < 4.78 is 44.1. The van der Waals surface area contributed by atoms with E-state index in [9.17, 15) is 13.2 Å². The third-order valence-electron chi connectivity index (χ3n) is 2.35. The fraction of sp³-hybridized carbons (Fsp3) is 0.250. The fourth-order valence-electron chi connectivity index (χ4n) is 1.42. The van der Waals surface area contributed by atoms with Crippen molar-refractivity contribution < 1.29 is 17.9 Å². The number of halogens is 3. The molecule has 6 heteroatoms. The monoisotopic (exact) mass is 256 g/mol. The number of aryl methyl sites for hydroxylation is 1. The van der Waals surface area contributed by atoms with E-state index in [1.54, 1.807) is 10.9 Å². The molecule has 0 atom stereocenters. The van der Waals surface area contributed by atoms with Gasteiger partial charge in [-0.3, -0.25) is 4.68 Å². The van der Waals surface area contributed by atoms with Crippen molar-refractivity contribution >= 4 is 0 Å². The van der Waals surface area contributed by atoms with Crippen LogP contribution in [-0.4, -0.2) is 9.78 Å². The highest BCUT2D eigenvalue weighted by molar-refractivity contribution is 5.32. The molecule has 0 bridgehead atoms. The van der Waals surface area contributed by atoms with Gasteiger partial charge < -0.3 is 4.74 Å². The number of ether oxygens (including phenoxy) is 1. The van der Waals surface area contributed by atoms with Crippen LogP contribution in [0.3, 0.4) is 0 Å². The number of nitrogens with zero attached hydrogens (tertiary/aromatic N) is 2. The second-order valence-corrected chi connectivity index (χ2v) is 3.66. The largest absolute Gasteiger partial charge is 0.454 e. The molecule has 2 aromatic rings. The SMILES string of the molecule is CCn1cc(Oc2ccc(C(F)(F)F)cc2)cn1. The number of hydrogen-bond donors (Lipinski definition) is 0. The van der Waals surface area contributed by atoms with Crippen LogP contribution in [0.2, 0.25) is 0 Å². The molecule has 0 saturated heterocycles. The van der Waals surface area contributed by atoms with E-state index in [1.165, 1.54) is 18.3 Å². The molecule has 0 saturated carbocycles. The Morgan fingerprint density at radius 3 is 2.33 bits per heavy atom. The summed E-state index contributed by atoms with van der Waals surface area (Å²) in [5.41, 5.74) is -0.695. The van der Waals surface area contributed by atoms with E-state index >= 15 is 0 Å². The molecule has 0 spiro atoms. The minimum atomic E-state index is -4.33. The van der Waals surface area contributed by atoms with E-state index in [1.807, 2.05) is 6.92 Å². The van der Waals surface area contributed by atoms with Crippen LogP contribution in [0, 0.1) is 0 Å². The van der Waals surface area contributed by atoms with Gasteiger partial charge in [-0.25, -0.2) is 0 Å². The lowest BCUT2D eigenvalue weighted by molar-refractivity contribution is -0.137. The summed E-state index contributed by atoms with van der Waals surface area (Å²) in [7, 11) is 0.